The van der Waals surface area contributed by atoms with E-state index in [1.807, 2.05) is 13.0 Å². The zero-order chi connectivity index (χ0) is 20.3. The summed E-state index contributed by atoms with van der Waals surface area (Å²) in [6.07, 6.45) is 1.19. The van der Waals surface area contributed by atoms with Crippen LogP contribution in [0.4, 0.5) is 5.69 Å². The Kier molecular flexibility index (Phi) is 5.58. The largest absolute Gasteiger partial charge is 0.495 e. The second-order valence-corrected chi connectivity index (χ2v) is 6.56. The van der Waals surface area contributed by atoms with Crippen molar-refractivity contribution in [2.24, 2.45) is 0 Å². The van der Waals surface area contributed by atoms with E-state index in [0.29, 0.717) is 30.8 Å². The summed E-state index contributed by atoms with van der Waals surface area (Å²) in [5.74, 6) is -1.45. The molecule has 2 amide bonds. The lowest BCUT2D eigenvalue weighted by atomic mass is 10.1. The quantitative estimate of drug-likeness (QED) is 0.820. The minimum absolute atomic E-state index is 0.00716. The summed E-state index contributed by atoms with van der Waals surface area (Å²) in [5, 5.41) is 11.9. The number of aromatic nitrogens is 1. The Morgan fingerprint density at radius 1 is 1.21 bits per heavy atom. The number of aryl methyl sites for hydroxylation is 1. The van der Waals surface area contributed by atoms with Crippen molar-refractivity contribution in [3.63, 3.8) is 0 Å². The minimum Gasteiger partial charge on any atom is -0.495 e. The van der Waals surface area contributed by atoms with Crippen LogP contribution in [0.15, 0.2) is 36.4 Å². The van der Waals surface area contributed by atoms with Crippen LogP contribution < -0.4 is 10.1 Å². The predicted molar refractivity (Wildman–Crippen MR) is 102 cm³/mol. The van der Waals surface area contributed by atoms with E-state index in [1.165, 1.54) is 30.2 Å². The van der Waals surface area contributed by atoms with E-state index in [4.69, 9.17) is 9.84 Å². The first-order valence-electron chi connectivity index (χ1n) is 8.87. The first kappa shape index (κ1) is 19.3. The number of hydrogen-bond donors (Lipinski definition) is 2. The third-order valence-corrected chi connectivity index (χ3v) is 4.62. The molecule has 0 saturated carbocycles. The second-order valence-electron chi connectivity index (χ2n) is 6.56. The normalized spacial score (nSPS) is 15.9. The Balaban J connectivity index is 1.80. The van der Waals surface area contributed by atoms with Gasteiger partial charge in [-0.25, -0.2) is 9.78 Å². The standard InChI is InChI=1S/C20H21N3O5/c1-12-8-9-17(28-2)15(11-12)22-18(24)16-7-4-10-23(16)19(25)13-5-3-6-14(21-13)20(26)27/h3,5-6,8-9,11,16H,4,7,10H2,1-2H3,(H,22,24)(H,26,27). The molecule has 1 aliphatic heterocycles. The van der Waals surface area contributed by atoms with Crippen LogP contribution >= 0.6 is 0 Å². The Hall–Kier alpha value is -3.42. The maximum absolute atomic E-state index is 12.8. The molecule has 28 heavy (non-hydrogen) atoms. The fourth-order valence-electron chi connectivity index (χ4n) is 3.24. The molecule has 1 atom stereocenters. The molecule has 0 bridgehead atoms. The molecule has 1 aromatic heterocycles. The van der Waals surface area contributed by atoms with Gasteiger partial charge < -0.3 is 20.1 Å². The number of amides is 2. The van der Waals surface area contributed by atoms with Gasteiger partial charge >= 0.3 is 5.97 Å². The summed E-state index contributed by atoms with van der Waals surface area (Å²) >= 11 is 0. The molecule has 0 radical (unpaired) electrons. The van der Waals surface area contributed by atoms with Gasteiger partial charge in [-0.05, 0) is 49.6 Å². The van der Waals surface area contributed by atoms with Gasteiger partial charge in [0.1, 0.15) is 23.2 Å². The van der Waals surface area contributed by atoms with E-state index in [2.05, 4.69) is 10.3 Å². The number of carboxylic acid groups (broad SMARTS) is 1. The van der Waals surface area contributed by atoms with E-state index in [0.717, 1.165) is 5.56 Å². The second kappa shape index (κ2) is 8.08. The fraction of sp³-hybridized carbons (Fsp3) is 0.300. The molecule has 0 aliphatic carbocycles. The van der Waals surface area contributed by atoms with Crippen LogP contribution in [0, 0.1) is 6.92 Å². The number of methoxy groups -OCH3 is 1. The van der Waals surface area contributed by atoms with Crippen molar-refractivity contribution in [3.8, 4) is 5.75 Å². The van der Waals surface area contributed by atoms with Crippen LogP contribution in [0.2, 0.25) is 0 Å². The van der Waals surface area contributed by atoms with Gasteiger partial charge in [-0.1, -0.05) is 12.1 Å². The van der Waals surface area contributed by atoms with Crippen LogP contribution in [0.1, 0.15) is 39.4 Å². The molecule has 0 spiro atoms. The monoisotopic (exact) mass is 383 g/mol. The lowest BCUT2D eigenvalue weighted by Crippen LogP contribution is -2.43. The molecule has 146 valence electrons. The van der Waals surface area contributed by atoms with E-state index in [9.17, 15) is 14.4 Å². The molecule has 2 aromatic rings. The number of likely N-dealkylation sites (tertiary alicyclic amines) is 1. The number of benzene rings is 1. The maximum atomic E-state index is 12.8. The van der Waals surface area contributed by atoms with Gasteiger partial charge in [-0.3, -0.25) is 9.59 Å². The highest BCUT2D eigenvalue weighted by Crippen LogP contribution is 2.27. The van der Waals surface area contributed by atoms with Crippen molar-refractivity contribution in [1.29, 1.82) is 0 Å². The molecule has 1 unspecified atom stereocenters. The van der Waals surface area contributed by atoms with E-state index in [1.54, 1.807) is 12.1 Å². The van der Waals surface area contributed by atoms with Crippen LogP contribution in [-0.2, 0) is 4.79 Å². The van der Waals surface area contributed by atoms with Gasteiger partial charge in [0.05, 0.1) is 12.8 Å². The summed E-state index contributed by atoms with van der Waals surface area (Å²) < 4.78 is 5.28. The van der Waals surface area contributed by atoms with Crippen LogP contribution in [0.25, 0.3) is 0 Å². The molecule has 2 heterocycles. The highest BCUT2D eigenvalue weighted by molar-refractivity contribution is 6.01. The summed E-state index contributed by atoms with van der Waals surface area (Å²) in [4.78, 5) is 42.1. The SMILES string of the molecule is COc1ccc(C)cc1NC(=O)C1CCCN1C(=O)c1cccc(C(=O)O)n1. The van der Waals surface area contributed by atoms with Crippen molar-refractivity contribution >= 4 is 23.5 Å². The number of nitrogens with one attached hydrogen (secondary N) is 1. The smallest absolute Gasteiger partial charge is 0.354 e. The average molecular weight is 383 g/mol. The number of carboxylic acids is 1. The first-order chi connectivity index (χ1) is 13.4. The van der Waals surface area contributed by atoms with Crippen LogP contribution in [-0.4, -0.2) is 52.5 Å². The van der Waals surface area contributed by atoms with Crippen molar-refractivity contribution in [2.45, 2.75) is 25.8 Å². The highest BCUT2D eigenvalue weighted by atomic mass is 16.5. The molecule has 8 nitrogen and oxygen atoms in total. The lowest BCUT2D eigenvalue weighted by molar-refractivity contribution is -0.119. The number of carbonyl (C=O) groups excluding carboxylic acids is 2. The first-order valence-corrected chi connectivity index (χ1v) is 8.87. The number of anilines is 1. The number of nitrogens with zero attached hydrogens (tertiary/aromatic N) is 2. The molecule has 8 heteroatoms. The molecule has 1 aliphatic rings. The number of carbonyl (C=O) groups is 3. The third-order valence-electron chi connectivity index (χ3n) is 4.62. The van der Waals surface area contributed by atoms with Crippen molar-refractivity contribution in [2.75, 3.05) is 19.0 Å². The molecule has 1 saturated heterocycles. The Bertz CT molecular complexity index is 928. The molecule has 3 rings (SSSR count). The number of aromatic carboxylic acids is 1. The van der Waals surface area contributed by atoms with E-state index in [-0.39, 0.29) is 17.3 Å². The Labute approximate surface area is 162 Å². The summed E-state index contributed by atoms with van der Waals surface area (Å²) in [7, 11) is 1.52. The Morgan fingerprint density at radius 2 is 1.96 bits per heavy atom. The number of pyridine rings is 1. The molecule has 1 fully saturated rings. The number of rotatable bonds is 5. The van der Waals surface area contributed by atoms with Crippen LogP contribution in [0.5, 0.6) is 5.75 Å². The minimum atomic E-state index is -1.21. The van der Waals surface area contributed by atoms with Gasteiger partial charge in [0.2, 0.25) is 5.91 Å². The third kappa shape index (κ3) is 3.95. The summed E-state index contributed by atoms with van der Waals surface area (Å²) in [6, 6.07) is 9.02. The molecule has 1 aromatic carbocycles. The number of ether oxygens (including phenoxy) is 1. The highest BCUT2D eigenvalue weighted by Gasteiger charge is 2.35. The van der Waals surface area contributed by atoms with Crippen molar-refractivity contribution in [1.82, 2.24) is 9.88 Å². The lowest BCUT2D eigenvalue weighted by Gasteiger charge is -2.24. The zero-order valence-corrected chi connectivity index (χ0v) is 15.6. The van der Waals surface area contributed by atoms with Gasteiger partial charge in [-0.15, -0.1) is 0 Å². The molecular weight excluding hydrogens is 362 g/mol. The zero-order valence-electron chi connectivity index (χ0n) is 15.6. The van der Waals surface area contributed by atoms with Gasteiger partial charge in [0.25, 0.3) is 5.91 Å². The number of hydrogen-bond acceptors (Lipinski definition) is 5. The van der Waals surface area contributed by atoms with Crippen LogP contribution in [0.3, 0.4) is 0 Å². The molecule has 2 N–H and O–H groups in total. The topological polar surface area (TPSA) is 109 Å². The van der Waals surface area contributed by atoms with Crippen molar-refractivity contribution < 1.29 is 24.2 Å². The summed E-state index contributed by atoms with van der Waals surface area (Å²) in [5.41, 5.74) is 1.30. The molecular formula is C20H21N3O5. The van der Waals surface area contributed by atoms with Gasteiger partial charge in [0, 0.05) is 6.54 Å². The Morgan fingerprint density at radius 3 is 2.68 bits per heavy atom. The summed E-state index contributed by atoms with van der Waals surface area (Å²) in [6.45, 7) is 2.31. The van der Waals surface area contributed by atoms with E-state index < -0.39 is 17.9 Å². The average Bonchev–Trinajstić information content (AvgIpc) is 3.17. The predicted octanol–water partition coefficient (Wildman–Crippen LogP) is 2.34. The van der Waals surface area contributed by atoms with Crippen molar-refractivity contribution in [3.05, 3.63) is 53.3 Å². The van der Waals surface area contributed by atoms with E-state index >= 15 is 0 Å². The maximum Gasteiger partial charge on any atom is 0.354 e. The fourth-order valence-corrected chi connectivity index (χ4v) is 3.24. The van der Waals surface area contributed by atoms with Gasteiger partial charge in [-0.2, -0.15) is 0 Å². The van der Waals surface area contributed by atoms with Gasteiger partial charge in [0.15, 0.2) is 0 Å².